The first-order chi connectivity index (χ1) is 17.4. The Bertz CT molecular complexity index is 1340. The number of carbonyl (C=O) groups is 2. The number of aryl methyl sites for hydroxylation is 1. The van der Waals surface area contributed by atoms with Crippen molar-refractivity contribution in [3.63, 3.8) is 0 Å². The Morgan fingerprint density at radius 1 is 1.14 bits per heavy atom. The lowest BCUT2D eigenvalue weighted by Crippen LogP contribution is -2.48. The number of nitrogens with one attached hydrogen (secondary N) is 1. The van der Waals surface area contributed by atoms with E-state index in [0.29, 0.717) is 46.8 Å². The number of piperazine rings is 1. The standard InChI is InChI=1S/C26H30FN5O3S/c1-17-22-24(28-16-32(25(22)34)15-21(33)29-19-7-3-2-4-8-19)36-23(17)26(35)31-12-10-30(11-13-31)20-9-5-6-18(27)14-20/h5-6,9,14,16,19H,2-4,7-8,10-13,15H2,1H3,(H,29,33). The number of anilines is 1. The lowest BCUT2D eigenvalue weighted by Gasteiger charge is -2.36. The Balaban J connectivity index is 1.29. The normalized spacial score (nSPS) is 16.9. The lowest BCUT2D eigenvalue weighted by atomic mass is 9.95. The first-order valence-electron chi connectivity index (χ1n) is 12.5. The fourth-order valence-electron chi connectivity index (χ4n) is 5.13. The molecule has 36 heavy (non-hydrogen) atoms. The quantitative estimate of drug-likeness (QED) is 0.568. The van der Waals surface area contributed by atoms with Gasteiger partial charge >= 0.3 is 0 Å². The summed E-state index contributed by atoms with van der Waals surface area (Å²) < 4.78 is 14.9. The molecule has 5 rings (SSSR count). The Hall–Kier alpha value is -3.27. The zero-order valence-electron chi connectivity index (χ0n) is 20.3. The van der Waals surface area contributed by atoms with Gasteiger partial charge < -0.3 is 15.1 Å². The molecule has 8 nitrogen and oxygen atoms in total. The number of hydrogen-bond donors (Lipinski definition) is 1. The number of hydrogen-bond acceptors (Lipinski definition) is 6. The molecule has 2 amide bonds. The van der Waals surface area contributed by atoms with Crippen molar-refractivity contribution in [2.75, 3.05) is 31.1 Å². The van der Waals surface area contributed by atoms with E-state index in [-0.39, 0.29) is 35.8 Å². The number of nitrogens with zero attached hydrogens (tertiary/aromatic N) is 4. The van der Waals surface area contributed by atoms with Crippen molar-refractivity contribution < 1.29 is 14.0 Å². The van der Waals surface area contributed by atoms with E-state index in [9.17, 15) is 18.8 Å². The number of rotatable bonds is 5. The highest BCUT2D eigenvalue weighted by Crippen LogP contribution is 2.29. The number of aromatic nitrogens is 2. The highest BCUT2D eigenvalue weighted by molar-refractivity contribution is 7.20. The number of benzene rings is 1. The second kappa shape index (κ2) is 10.4. The average Bonchev–Trinajstić information content (AvgIpc) is 3.23. The molecular weight excluding hydrogens is 481 g/mol. The van der Waals surface area contributed by atoms with E-state index in [4.69, 9.17) is 0 Å². The van der Waals surface area contributed by atoms with E-state index in [1.54, 1.807) is 17.9 Å². The van der Waals surface area contributed by atoms with Gasteiger partial charge in [0.1, 0.15) is 17.2 Å². The van der Waals surface area contributed by atoms with Gasteiger partial charge in [-0.15, -0.1) is 11.3 Å². The van der Waals surface area contributed by atoms with Crippen molar-refractivity contribution in [3.8, 4) is 0 Å². The largest absolute Gasteiger partial charge is 0.368 e. The van der Waals surface area contributed by atoms with E-state index in [0.717, 1.165) is 31.4 Å². The van der Waals surface area contributed by atoms with Gasteiger partial charge in [0.25, 0.3) is 11.5 Å². The second-order valence-electron chi connectivity index (χ2n) is 9.58. The molecule has 0 bridgehead atoms. The SMILES string of the molecule is Cc1c(C(=O)N2CCN(c3cccc(F)c3)CC2)sc2ncn(CC(=O)NC3CCCCC3)c(=O)c12. The number of amides is 2. The maximum atomic E-state index is 13.6. The van der Waals surface area contributed by atoms with Crippen molar-refractivity contribution in [3.05, 3.63) is 57.2 Å². The molecule has 3 aromatic rings. The zero-order chi connectivity index (χ0) is 25.2. The summed E-state index contributed by atoms with van der Waals surface area (Å²) >= 11 is 1.22. The zero-order valence-corrected chi connectivity index (χ0v) is 21.2. The minimum Gasteiger partial charge on any atom is -0.368 e. The molecule has 2 aliphatic rings. The first kappa shape index (κ1) is 24.4. The van der Waals surface area contributed by atoms with Crippen LogP contribution in [0.15, 0.2) is 35.4 Å². The topological polar surface area (TPSA) is 87.5 Å². The molecule has 1 saturated heterocycles. The van der Waals surface area contributed by atoms with Crippen molar-refractivity contribution in [1.82, 2.24) is 19.8 Å². The minimum absolute atomic E-state index is 0.0844. The van der Waals surface area contributed by atoms with Crippen molar-refractivity contribution in [1.29, 1.82) is 0 Å². The highest BCUT2D eigenvalue weighted by atomic mass is 32.1. The van der Waals surface area contributed by atoms with E-state index in [1.807, 2.05) is 6.07 Å². The Morgan fingerprint density at radius 2 is 1.89 bits per heavy atom. The van der Waals surface area contributed by atoms with Crippen LogP contribution in [0.3, 0.4) is 0 Å². The molecule has 10 heteroatoms. The number of fused-ring (bicyclic) bond motifs is 1. The summed E-state index contributed by atoms with van der Waals surface area (Å²) in [6, 6.07) is 6.64. The molecule has 190 valence electrons. The van der Waals surface area contributed by atoms with Gasteiger partial charge in [0, 0.05) is 37.9 Å². The molecule has 0 radical (unpaired) electrons. The van der Waals surface area contributed by atoms with Crippen molar-refractivity contribution in [2.45, 2.75) is 51.6 Å². The molecule has 1 aliphatic carbocycles. The van der Waals surface area contributed by atoms with Crippen LogP contribution >= 0.6 is 11.3 Å². The van der Waals surface area contributed by atoms with Gasteiger partial charge in [-0.2, -0.15) is 0 Å². The van der Waals surface area contributed by atoms with E-state index in [2.05, 4.69) is 15.2 Å². The van der Waals surface area contributed by atoms with Crippen molar-refractivity contribution >= 4 is 39.1 Å². The molecule has 0 atom stereocenters. The molecule has 1 N–H and O–H groups in total. The van der Waals surface area contributed by atoms with Crippen LogP contribution in [0.5, 0.6) is 0 Å². The third-order valence-electron chi connectivity index (χ3n) is 7.14. The summed E-state index contributed by atoms with van der Waals surface area (Å²) in [6.07, 6.45) is 6.78. The summed E-state index contributed by atoms with van der Waals surface area (Å²) in [5.74, 6) is -0.600. The van der Waals surface area contributed by atoms with Crippen LogP contribution in [0.1, 0.15) is 47.3 Å². The van der Waals surface area contributed by atoms with Crippen LogP contribution in [-0.2, 0) is 11.3 Å². The average molecular weight is 512 g/mol. The van der Waals surface area contributed by atoms with Gasteiger partial charge in [0.15, 0.2) is 0 Å². The van der Waals surface area contributed by atoms with E-state index < -0.39 is 0 Å². The molecule has 3 heterocycles. The fourth-order valence-corrected chi connectivity index (χ4v) is 6.24. The van der Waals surface area contributed by atoms with E-state index in [1.165, 1.54) is 40.8 Å². The highest BCUT2D eigenvalue weighted by Gasteiger charge is 2.27. The van der Waals surface area contributed by atoms with E-state index >= 15 is 0 Å². The third kappa shape index (κ3) is 5.00. The first-order valence-corrected chi connectivity index (χ1v) is 13.3. The number of carbonyl (C=O) groups excluding carboxylic acids is 2. The van der Waals surface area contributed by atoms with Gasteiger partial charge in [-0.05, 0) is 43.5 Å². The van der Waals surface area contributed by atoms with Gasteiger partial charge in [0.2, 0.25) is 5.91 Å². The molecule has 0 spiro atoms. The summed E-state index contributed by atoms with van der Waals surface area (Å²) in [5, 5.41) is 3.43. The smallest absolute Gasteiger partial charge is 0.264 e. The Morgan fingerprint density at radius 3 is 2.61 bits per heavy atom. The molecule has 1 saturated carbocycles. The maximum absolute atomic E-state index is 13.6. The summed E-state index contributed by atoms with van der Waals surface area (Å²) in [5.41, 5.74) is 1.10. The van der Waals surface area contributed by atoms with Crippen LogP contribution in [0.4, 0.5) is 10.1 Å². The predicted octanol–water partition coefficient (Wildman–Crippen LogP) is 3.32. The minimum atomic E-state index is -0.303. The van der Waals surface area contributed by atoms with Gasteiger partial charge in [-0.25, -0.2) is 9.37 Å². The lowest BCUT2D eigenvalue weighted by molar-refractivity contribution is -0.122. The van der Waals surface area contributed by atoms with Crippen LogP contribution in [0.25, 0.3) is 10.2 Å². The maximum Gasteiger partial charge on any atom is 0.264 e. The van der Waals surface area contributed by atoms with Gasteiger partial charge in [-0.1, -0.05) is 25.3 Å². The van der Waals surface area contributed by atoms with Gasteiger partial charge in [-0.3, -0.25) is 19.0 Å². The molecular formula is C26H30FN5O3S. The third-order valence-corrected chi connectivity index (χ3v) is 8.32. The van der Waals surface area contributed by atoms with Gasteiger partial charge in [0.05, 0.1) is 16.6 Å². The molecule has 0 unspecified atom stereocenters. The Kier molecular flexibility index (Phi) is 7.04. The molecule has 1 aromatic carbocycles. The molecule has 1 aliphatic heterocycles. The second-order valence-corrected chi connectivity index (χ2v) is 10.6. The Labute approximate surface area is 212 Å². The number of thiophene rings is 1. The predicted molar refractivity (Wildman–Crippen MR) is 138 cm³/mol. The van der Waals surface area contributed by atoms with Crippen LogP contribution in [-0.4, -0.2) is 58.5 Å². The molecule has 2 aromatic heterocycles. The van der Waals surface area contributed by atoms with Crippen LogP contribution < -0.4 is 15.8 Å². The van der Waals surface area contributed by atoms with Crippen LogP contribution in [0, 0.1) is 12.7 Å². The molecule has 2 fully saturated rings. The fraction of sp³-hybridized carbons (Fsp3) is 0.462. The monoisotopic (exact) mass is 511 g/mol. The number of halogens is 1. The summed E-state index contributed by atoms with van der Waals surface area (Å²) in [7, 11) is 0. The summed E-state index contributed by atoms with van der Waals surface area (Å²) in [6.45, 7) is 3.88. The van der Waals surface area contributed by atoms with Crippen LogP contribution in [0.2, 0.25) is 0 Å². The van der Waals surface area contributed by atoms with Crippen molar-refractivity contribution in [2.24, 2.45) is 0 Å². The summed E-state index contributed by atoms with van der Waals surface area (Å²) in [4.78, 5) is 48.3.